The van der Waals surface area contributed by atoms with Gasteiger partial charge in [0.1, 0.15) is 6.61 Å². The van der Waals surface area contributed by atoms with Crippen LogP contribution in [0.3, 0.4) is 0 Å². The smallest absolute Gasteiger partial charge is 0.330 e. The molecule has 19 heavy (non-hydrogen) atoms. The lowest BCUT2D eigenvalue weighted by atomic mass is 10.3. The van der Waals surface area contributed by atoms with Crippen LogP contribution in [0.15, 0.2) is 15.8 Å². The molecule has 0 unspecified atom stereocenters. The zero-order chi connectivity index (χ0) is 14.6. The lowest BCUT2D eigenvalue weighted by Crippen LogP contribution is -2.40. The molecule has 0 aromatic carbocycles. The Bertz CT molecular complexity index is 573. The number of hydrogen-bond acceptors (Lipinski definition) is 4. The van der Waals surface area contributed by atoms with Crippen molar-refractivity contribution in [2.45, 2.75) is 13.5 Å². The van der Waals surface area contributed by atoms with Crippen LogP contribution in [0.1, 0.15) is 12.5 Å². The van der Waals surface area contributed by atoms with E-state index in [9.17, 15) is 14.4 Å². The molecule has 0 saturated carbocycles. The Labute approximate surface area is 111 Å². The molecule has 0 N–H and O–H groups in total. The number of hydrogen-bond donors (Lipinski definition) is 0. The lowest BCUT2D eigenvalue weighted by molar-refractivity contribution is -0.135. The summed E-state index contributed by atoms with van der Waals surface area (Å²) in [6.45, 7) is 2.39. The second-order valence-electron chi connectivity index (χ2n) is 4.30. The van der Waals surface area contributed by atoms with Gasteiger partial charge in [0, 0.05) is 33.9 Å². The number of likely N-dealkylation sites (N-methyl/N-ethyl adjacent to an activating group) is 1. The molecule has 1 heterocycles. The minimum atomic E-state index is -0.392. The lowest BCUT2D eigenvalue weighted by Gasteiger charge is -2.17. The summed E-state index contributed by atoms with van der Waals surface area (Å²) in [4.78, 5) is 36.5. The molecule has 0 aliphatic heterocycles. The Morgan fingerprint density at radius 2 is 2.00 bits per heavy atom. The van der Waals surface area contributed by atoms with Gasteiger partial charge in [-0.3, -0.25) is 14.2 Å². The first-order chi connectivity index (χ1) is 8.88. The molecule has 0 bridgehead atoms. The van der Waals surface area contributed by atoms with Crippen molar-refractivity contribution in [3.05, 3.63) is 32.6 Å². The van der Waals surface area contributed by atoms with E-state index in [2.05, 4.69) is 0 Å². The van der Waals surface area contributed by atoms with Crippen LogP contribution in [0.4, 0.5) is 0 Å². The maximum absolute atomic E-state index is 11.9. The monoisotopic (exact) mass is 269 g/mol. The van der Waals surface area contributed by atoms with Crippen LogP contribution in [0.25, 0.3) is 0 Å². The Kier molecular flexibility index (Phi) is 5.05. The molecule has 7 nitrogen and oxygen atoms in total. The van der Waals surface area contributed by atoms with Gasteiger partial charge in [-0.25, -0.2) is 4.79 Å². The van der Waals surface area contributed by atoms with Crippen molar-refractivity contribution in [2.75, 3.05) is 20.3 Å². The molecular formula is C12H19N3O4. The molecule has 106 valence electrons. The van der Waals surface area contributed by atoms with E-state index in [0.717, 1.165) is 4.57 Å². The fourth-order valence-corrected chi connectivity index (χ4v) is 1.63. The van der Waals surface area contributed by atoms with E-state index in [1.165, 1.54) is 22.7 Å². The van der Waals surface area contributed by atoms with Gasteiger partial charge in [0.05, 0.1) is 12.1 Å². The number of amides is 1. The third-order valence-corrected chi connectivity index (χ3v) is 2.78. The number of nitrogens with zero attached hydrogens (tertiary/aromatic N) is 3. The molecule has 7 heteroatoms. The largest absolute Gasteiger partial charge is 0.372 e. The van der Waals surface area contributed by atoms with Crippen molar-refractivity contribution in [1.82, 2.24) is 14.0 Å². The van der Waals surface area contributed by atoms with Crippen molar-refractivity contribution < 1.29 is 9.53 Å². The molecule has 0 aliphatic carbocycles. The van der Waals surface area contributed by atoms with Gasteiger partial charge in [-0.1, -0.05) is 0 Å². The van der Waals surface area contributed by atoms with Gasteiger partial charge in [0.15, 0.2) is 0 Å². The molecule has 0 saturated heterocycles. The molecule has 1 aromatic rings. The number of carbonyl (C=O) groups is 1. The standard InChI is InChI=1S/C12H19N3O4/c1-5-19-8-10(16)13(2)6-9-7-14(3)12(18)15(4)11(9)17/h7H,5-6,8H2,1-4H3. The van der Waals surface area contributed by atoms with Crippen molar-refractivity contribution in [1.29, 1.82) is 0 Å². The quantitative estimate of drug-likeness (QED) is 0.693. The molecule has 0 atom stereocenters. The van der Waals surface area contributed by atoms with E-state index in [-0.39, 0.29) is 24.6 Å². The van der Waals surface area contributed by atoms with E-state index in [1.54, 1.807) is 21.0 Å². The first-order valence-corrected chi connectivity index (χ1v) is 5.95. The fraction of sp³-hybridized carbons (Fsp3) is 0.583. The highest BCUT2D eigenvalue weighted by atomic mass is 16.5. The summed E-state index contributed by atoms with van der Waals surface area (Å²) in [7, 11) is 4.56. The summed E-state index contributed by atoms with van der Waals surface area (Å²) in [6.07, 6.45) is 1.45. The minimum absolute atomic E-state index is 0.0148. The molecule has 0 radical (unpaired) electrons. The SMILES string of the molecule is CCOCC(=O)N(C)Cc1cn(C)c(=O)n(C)c1=O. The molecule has 1 amide bonds. The Balaban J connectivity index is 2.92. The highest BCUT2D eigenvalue weighted by Crippen LogP contribution is 1.96. The van der Waals surface area contributed by atoms with Crippen LogP contribution in [0.2, 0.25) is 0 Å². The van der Waals surface area contributed by atoms with Crippen molar-refractivity contribution >= 4 is 5.91 Å². The van der Waals surface area contributed by atoms with E-state index in [0.29, 0.717) is 12.2 Å². The van der Waals surface area contributed by atoms with Crippen molar-refractivity contribution in [3.63, 3.8) is 0 Å². The van der Waals surface area contributed by atoms with Crippen LogP contribution >= 0.6 is 0 Å². The Hall–Kier alpha value is -1.89. The van der Waals surface area contributed by atoms with Gasteiger partial charge < -0.3 is 14.2 Å². The molecule has 0 spiro atoms. The van der Waals surface area contributed by atoms with Gasteiger partial charge in [-0.2, -0.15) is 0 Å². The summed E-state index contributed by atoms with van der Waals surface area (Å²) in [5.41, 5.74) is -0.395. The second-order valence-corrected chi connectivity index (χ2v) is 4.30. The summed E-state index contributed by atoms with van der Waals surface area (Å²) < 4.78 is 7.36. The van der Waals surface area contributed by atoms with Crippen LogP contribution in [0.5, 0.6) is 0 Å². The highest BCUT2D eigenvalue weighted by Gasteiger charge is 2.13. The van der Waals surface area contributed by atoms with Crippen molar-refractivity contribution in [3.8, 4) is 0 Å². The summed E-state index contributed by atoms with van der Waals surface area (Å²) in [5, 5.41) is 0. The summed E-state index contributed by atoms with van der Waals surface area (Å²) in [6, 6.07) is 0. The zero-order valence-corrected chi connectivity index (χ0v) is 11.7. The number of rotatable bonds is 5. The predicted octanol–water partition coefficient (Wildman–Crippen LogP) is -0.921. The van der Waals surface area contributed by atoms with Gasteiger partial charge in [-0.05, 0) is 6.92 Å². The predicted molar refractivity (Wildman–Crippen MR) is 69.9 cm³/mol. The number of aromatic nitrogens is 2. The summed E-state index contributed by atoms with van der Waals surface area (Å²) >= 11 is 0. The topological polar surface area (TPSA) is 73.5 Å². The molecule has 0 fully saturated rings. The van der Waals surface area contributed by atoms with Gasteiger partial charge in [-0.15, -0.1) is 0 Å². The number of carbonyl (C=O) groups excluding carboxylic acids is 1. The molecule has 1 aromatic heterocycles. The molecule has 1 rings (SSSR count). The first-order valence-electron chi connectivity index (χ1n) is 5.95. The van der Waals surface area contributed by atoms with Crippen molar-refractivity contribution in [2.24, 2.45) is 14.1 Å². The Morgan fingerprint density at radius 1 is 1.37 bits per heavy atom. The second kappa shape index (κ2) is 6.33. The van der Waals surface area contributed by atoms with Crippen LogP contribution in [0, 0.1) is 0 Å². The van der Waals surface area contributed by atoms with Gasteiger partial charge in [0.2, 0.25) is 5.91 Å². The first kappa shape index (κ1) is 15.2. The fourth-order valence-electron chi connectivity index (χ4n) is 1.63. The van der Waals surface area contributed by atoms with Gasteiger partial charge in [0.25, 0.3) is 5.56 Å². The Morgan fingerprint density at radius 3 is 2.58 bits per heavy atom. The summed E-state index contributed by atoms with van der Waals surface area (Å²) in [5.74, 6) is -0.210. The van der Waals surface area contributed by atoms with E-state index in [1.807, 2.05) is 0 Å². The average molecular weight is 269 g/mol. The zero-order valence-electron chi connectivity index (χ0n) is 11.7. The van der Waals surface area contributed by atoms with Crippen LogP contribution < -0.4 is 11.2 Å². The van der Waals surface area contributed by atoms with Crippen LogP contribution in [-0.4, -0.2) is 40.2 Å². The maximum Gasteiger partial charge on any atom is 0.330 e. The third kappa shape index (κ3) is 3.54. The maximum atomic E-state index is 11.9. The van der Waals surface area contributed by atoms with E-state index in [4.69, 9.17) is 4.74 Å². The highest BCUT2D eigenvalue weighted by molar-refractivity contribution is 5.77. The third-order valence-electron chi connectivity index (χ3n) is 2.78. The molecular weight excluding hydrogens is 250 g/mol. The van der Waals surface area contributed by atoms with Gasteiger partial charge >= 0.3 is 5.69 Å². The number of aryl methyl sites for hydroxylation is 1. The van der Waals surface area contributed by atoms with E-state index >= 15 is 0 Å². The number of ether oxygens (including phenoxy) is 1. The average Bonchev–Trinajstić information content (AvgIpc) is 2.39. The minimum Gasteiger partial charge on any atom is -0.372 e. The molecule has 0 aliphatic rings. The normalized spacial score (nSPS) is 10.5. The van der Waals surface area contributed by atoms with Crippen LogP contribution in [-0.2, 0) is 30.2 Å². The van der Waals surface area contributed by atoms with E-state index < -0.39 is 5.69 Å².